The van der Waals surface area contributed by atoms with E-state index in [1.807, 2.05) is 18.2 Å². The number of benzene rings is 2. The molecule has 2 N–H and O–H groups in total. The number of fused-ring (bicyclic) bond motifs is 2. The molecule has 23 heavy (non-hydrogen) atoms. The Morgan fingerprint density at radius 1 is 1.13 bits per heavy atom. The summed E-state index contributed by atoms with van der Waals surface area (Å²) in [7, 11) is 2.09. The first kappa shape index (κ1) is 14.4. The first-order chi connectivity index (χ1) is 11.2. The first-order valence-electron chi connectivity index (χ1n) is 8.37. The van der Waals surface area contributed by atoms with Gasteiger partial charge >= 0.3 is 0 Å². The van der Waals surface area contributed by atoms with Crippen molar-refractivity contribution in [2.75, 3.05) is 0 Å². The molecule has 0 bridgehead atoms. The molecule has 2 aliphatic carbocycles. The van der Waals surface area contributed by atoms with Crippen LogP contribution in [0.2, 0.25) is 0 Å². The van der Waals surface area contributed by atoms with Gasteiger partial charge in [0, 0.05) is 13.1 Å². The van der Waals surface area contributed by atoms with Gasteiger partial charge in [-0.1, -0.05) is 25.0 Å². The van der Waals surface area contributed by atoms with Crippen molar-refractivity contribution in [3.05, 3.63) is 47.8 Å². The summed E-state index contributed by atoms with van der Waals surface area (Å²) in [5.74, 6) is 0. The van der Waals surface area contributed by atoms with Crippen LogP contribution in [0.25, 0.3) is 22.4 Å². The zero-order valence-electron chi connectivity index (χ0n) is 13.4. The van der Waals surface area contributed by atoms with Crippen molar-refractivity contribution in [1.82, 2.24) is 9.55 Å². The summed E-state index contributed by atoms with van der Waals surface area (Å²) in [6.45, 7) is 0. The lowest BCUT2D eigenvalue weighted by molar-refractivity contribution is 0.381. The largest absolute Gasteiger partial charge is 0.341 e. The lowest BCUT2D eigenvalue weighted by atomic mass is 9.91. The molecule has 1 aromatic carbocycles. The van der Waals surface area contributed by atoms with Crippen molar-refractivity contribution < 1.29 is 0 Å². The van der Waals surface area contributed by atoms with E-state index >= 15 is 0 Å². The van der Waals surface area contributed by atoms with Gasteiger partial charge in [-0.25, -0.2) is 4.98 Å². The van der Waals surface area contributed by atoms with Crippen LogP contribution in [0.4, 0.5) is 0 Å². The molecule has 3 aliphatic rings. The monoisotopic (exact) mass is 306 g/mol. The van der Waals surface area contributed by atoms with Gasteiger partial charge in [0.15, 0.2) is 0 Å². The molecule has 0 amide bonds. The van der Waals surface area contributed by atoms with Gasteiger partial charge in [0.05, 0.1) is 33.8 Å². The third kappa shape index (κ3) is 2.63. The molecule has 4 rings (SSSR count). The molecular weight excluding hydrogens is 284 g/mol. The van der Waals surface area contributed by atoms with Crippen LogP contribution in [0.1, 0.15) is 25.7 Å². The quantitative estimate of drug-likeness (QED) is 0.703. The van der Waals surface area contributed by atoms with Gasteiger partial charge in [-0.2, -0.15) is 0 Å². The summed E-state index contributed by atoms with van der Waals surface area (Å²) in [4.78, 5) is 9.66. The Bertz CT molecular complexity index is 880. The SMILES string of the molecule is Cn1c2cc(=N[C@@H]3CCCC[C@H]3N)ccc-2nc2ccccc21. The van der Waals surface area contributed by atoms with Crippen LogP contribution in [-0.4, -0.2) is 21.6 Å². The molecule has 1 fully saturated rings. The van der Waals surface area contributed by atoms with Crippen molar-refractivity contribution in [3.8, 4) is 11.4 Å². The summed E-state index contributed by atoms with van der Waals surface area (Å²) in [5, 5.41) is 1.01. The molecule has 0 spiro atoms. The minimum atomic E-state index is 0.197. The van der Waals surface area contributed by atoms with Crippen LogP contribution in [0.3, 0.4) is 0 Å². The molecule has 4 heteroatoms. The molecule has 118 valence electrons. The number of hydrogen-bond donors (Lipinski definition) is 1. The van der Waals surface area contributed by atoms with E-state index in [1.54, 1.807) is 0 Å². The summed E-state index contributed by atoms with van der Waals surface area (Å²) in [6.07, 6.45) is 4.65. The van der Waals surface area contributed by atoms with Crippen molar-refractivity contribution in [1.29, 1.82) is 0 Å². The van der Waals surface area contributed by atoms with Crippen LogP contribution in [0.5, 0.6) is 0 Å². The highest BCUT2D eigenvalue weighted by Crippen LogP contribution is 2.23. The third-order valence-electron chi connectivity index (χ3n) is 4.90. The van der Waals surface area contributed by atoms with E-state index in [4.69, 9.17) is 15.7 Å². The standard InChI is InChI=1S/C19H22N4/c1-23-18-9-5-4-8-16(18)22-17-11-10-13(12-19(17)23)21-15-7-3-2-6-14(15)20/h4-5,8-12,14-15H,2-3,6-7,20H2,1H3/t14-,15-/m1/s1. The Balaban J connectivity index is 1.86. The van der Waals surface area contributed by atoms with E-state index in [9.17, 15) is 0 Å². The second-order valence-electron chi connectivity index (χ2n) is 6.48. The second-order valence-corrected chi connectivity index (χ2v) is 6.48. The van der Waals surface area contributed by atoms with E-state index in [0.717, 1.165) is 40.6 Å². The minimum Gasteiger partial charge on any atom is -0.341 e. The van der Waals surface area contributed by atoms with E-state index in [2.05, 4.69) is 35.9 Å². The average molecular weight is 306 g/mol. The molecule has 1 aliphatic heterocycles. The number of hydrogen-bond acceptors (Lipinski definition) is 3. The Morgan fingerprint density at radius 3 is 2.83 bits per heavy atom. The maximum Gasteiger partial charge on any atom is 0.0876 e. The van der Waals surface area contributed by atoms with Crippen LogP contribution in [0.15, 0.2) is 47.5 Å². The van der Waals surface area contributed by atoms with Crippen LogP contribution >= 0.6 is 0 Å². The molecule has 1 saturated carbocycles. The molecule has 2 atom stereocenters. The van der Waals surface area contributed by atoms with E-state index < -0.39 is 0 Å². The molecule has 1 aromatic rings. The topological polar surface area (TPSA) is 56.2 Å². The number of rotatable bonds is 1. The third-order valence-corrected chi connectivity index (χ3v) is 4.90. The summed E-state index contributed by atoms with van der Waals surface area (Å²) in [5.41, 5.74) is 10.5. The number of aryl methyl sites for hydroxylation is 1. The fourth-order valence-electron chi connectivity index (χ4n) is 3.55. The van der Waals surface area contributed by atoms with Gasteiger partial charge in [-0.05, 0) is 43.2 Å². The van der Waals surface area contributed by atoms with Crippen molar-refractivity contribution in [3.63, 3.8) is 0 Å². The summed E-state index contributed by atoms with van der Waals surface area (Å²) >= 11 is 0. The number of nitrogens with zero attached hydrogens (tertiary/aromatic N) is 3. The highest BCUT2D eigenvalue weighted by atomic mass is 15.0. The van der Waals surface area contributed by atoms with Gasteiger partial charge in [0.1, 0.15) is 0 Å². The van der Waals surface area contributed by atoms with Gasteiger partial charge in [0.25, 0.3) is 0 Å². The zero-order valence-corrected chi connectivity index (χ0v) is 13.4. The fraction of sp³-hybridized carbons (Fsp3) is 0.368. The number of para-hydroxylation sites is 2. The molecule has 0 saturated heterocycles. The molecule has 1 heterocycles. The van der Waals surface area contributed by atoms with E-state index in [1.165, 1.54) is 12.8 Å². The Morgan fingerprint density at radius 2 is 1.96 bits per heavy atom. The van der Waals surface area contributed by atoms with Crippen molar-refractivity contribution >= 4 is 11.0 Å². The molecular formula is C19H22N4. The maximum atomic E-state index is 6.23. The summed E-state index contributed by atoms with van der Waals surface area (Å²) < 4.78 is 2.19. The first-order valence-corrected chi connectivity index (χ1v) is 8.37. The average Bonchev–Trinajstić information content (AvgIpc) is 2.58. The van der Waals surface area contributed by atoms with Gasteiger partial charge in [-0.15, -0.1) is 0 Å². The van der Waals surface area contributed by atoms with Crippen LogP contribution in [0, 0.1) is 0 Å². The van der Waals surface area contributed by atoms with Crippen LogP contribution < -0.4 is 11.1 Å². The number of aromatic nitrogens is 2. The Hall–Kier alpha value is -2.20. The maximum absolute atomic E-state index is 6.23. The van der Waals surface area contributed by atoms with Crippen LogP contribution in [-0.2, 0) is 7.05 Å². The lowest BCUT2D eigenvalue weighted by Crippen LogP contribution is -2.37. The second kappa shape index (κ2) is 5.78. The Labute approximate surface area is 136 Å². The predicted octanol–water partition coefficient (Wildman–Crippen LogP) is 2.85. The van der Waals surface area contributed by atoms with Gasteiger partial charge < -0.3 is 10.3 Å². The molecule has 4 nitrogen and oxygen atoms in total. The summed E-state index contributed by atoms with van der Waals surface area (Å²) in [6, 6.07) is 14.9. The highest BCUT2D eigenvalue weighted by molar-refractivity contribution is 5.80. The van der Waals surface area contributed by atoms with Crippen molar-refractivity contribution in [2.45, 2.75) is 37.8 Å². The zero-order chi connectivity index (χ0) is 15.8. The van der Waals surface area contributed by atoms with Gasteiger partial charge in [-0.3, -0.25) is 4.99 Å². The van der Waals surface area contributed by atoms with E-state index in [0.29, 0.717) is 0 Å². The normalized spacial score (nSPS) is 22.8. The minimum absolute atomic E-state index is 0.197. The van der Waals surface area contributed by atoms with E-state index in [-0.39, 0.29) is 12.1 Å². The molecule has 0 radical (unpaired) electrons. The van der Waals surface area contributed by atoms with Gasteiger partial charge in [0.2, 0.25) is 0 Å². The van der Waals surface area contributed by atoms with Crippen molar-refractivity contribution in [2.24, 2.45) is 17.8 Å². The Kier molecular flexibility index (Phi) is 3.62. The predicted molar refractivity (Wildman–Crippen MR) is 93.1 cm³/mol. The molecule has 0 unspecified atom stereocenters. The number of nitrogens with two attached hydrogens (primary N) is 1. The smallest absolute Gasteiger partial charge is 0.0876 e. The molecule has 0 aromatic heterocycles. The fourth-order valence-corrected chi connectivity index (χ4v) is 3.55. The highest BCUT2D eigenvalue weighted by Gasteiger charge is 2.20. The lowest BCUT2D eigenvalue weighted by Gasteiger charge is -2.25.